The number of rotatable bonds is 0. The monoisotopic (exact) mass is 198 g/mol. The lowest BCUT2D eigenvalue weighted by molar-refractivity contribution is 1.74. The van der Waals surface area contributed by atoms with Crippen LogP contribution in [0.3, 0.4) is 0 Å². The molecular weight excluding hydrogens is 192 g/mol. The molecule has 0 heteroatoms. The van der Waals surface area contributed by atoms with E-state index in [1.54, 1.807) is 0 Å². The second-order valence-corrected chi connectivity index (χ2v) is 4.51. The van der Waals surface area contributed by atoms with Crippen LogP contribution in [0.1, 0.15) is 22.3 Å². The van der Waals surface area contributed by atoms with Crippen LogP contribution in [0.5, 0.6) is 0 Å². The second kappa shape index (κ2) is 1.99. The van der Waals surface area contributed by atoms with Crippen molar-refractivity contribution < 1.29 is 0 Å². The van der Waals surface area contributed by atoms with Gasteiger partial charge in [-0.2, -0.15) is 0 Å². The van der Waals surface area contributed by atoms with Crippen molar-refractivity contribution in [3.05, 3.63) is 45.8 Å². The molecule has 0 saturated carbocycles. The summed E-state index contributed by atoms with van der Waals surface area (Å²) >= 11 is 0. The summed E-state index contributed by atoms with van der Waals surface area (Å²) in [6.45, 7) is 0. The van der Waals surface area contributed by atoms with Crippen LogP contribution >= 0.6 is 0 Å². The molecule has 5 rings (SSSR count). The maximum atomic E-state index is 3.21. The predicted molar refractivity (Wildman–Crippen MR) is 66.9 cm³/mol. The van der Waals surface area contributed by atoms with Gasteiger partial charge in [0.05, 0.1) is 0 Å². The molecule has 0 radical (unpaired) electrons. The lowest BCUT2D eigenvalue weighted by atomic mass is 10.0. The number of hydrogen-bond donors (Lipinski definition) is 0. The van der Waals surface area contributed by atoms with Crippen molar-refractivity contribution in [2.24, 2.45) is 0 Å². The van der Waals surface area contributed by atoms with Gasteiger partial charge in [-0.15, -0.1) is 11.5 Å². The smallest absolute Gasteiger partial charge is 0.00153 e. The first-order valence-electron chi connectivity index (χ1n) is 5.46. The van der Waals surface area contributed by atoms with E-state index in [9.17, 15) is 0 Å². The van der Waals surface area contributed by atoms with Gasteiger partial charge in [-0.05, 0) is 80.9 Å². The average molecular weight is 198 g/mol. The van der Waals surface area contributed by atoms with Gasteiger partial charge in [-0.1, -0.05) is 0 Å². The normalized spacial score (nSPS) is 15.0. The van der Waals surface area contributed by atoms with Crippen LogP contribution in [0.25, 0.3) is 46.6 Å². The molecule has 0 N–H and O–H groups in total. The highest BCUT2D eigenvalue weighted by molar-refractivity contribution is 6.07. The van der Waals surface area contributed by atoms with Gasteiger partial charge in [0.1, 0.15) is 0 Å². The largest absolute Gasteiger partial charge is 0.119 e. The summed E-state index contributed by atoms with van der Waals surface area (Å²) in [5, 5.41) is 0. The number of hydrogen-bond acceptors (Lipinski definition) is 0. The van der Waals surface area contributed by atoms with Gasteiger partial charge >= 0.3 is 0 Å². The zero-order valence-electron chi connectivity index (χ0n) is 8.46. The molecule has 0 fully saturated rings. The Morgan fingerprint density at radius 1 is 0.500 bits per heavy atom. The summed E-state index contributed by atoms with van der Waals surface area (Å²) in [5.41, 5.74) is 17.4. The van der Waals surface area contributed by atoms with E-state index in [1.807, 2.05) is 0 Å². The van der Waals surface area contributed by atoms with Gasteiger partial charge in [-0.3, -0.25) is 0 Å². The quantitative estimate of drug-likeness (QED) is 0.329. The third-order valence-corrected chi connectivity index (χ3v) is 3.64. The first kappa shape index (κ1) is 7.09. The molecule has 5 aliphatic carbocycles. The summed E-state index contributed by atoms with van der Waals surface area (Å²) in [7, 11) is 0. The van der Waals surface area contributed by atoms with E-state index in [4.69, 9.17) is 0 Å². The summed E-state index contributed by atoms with van der Waals surface area (Å²) in [4.78, 5) is 0. The van der Waals surface area contributed by atoms with Gasteiger partial charge < -0.3 is 0 Å². The fourth-order valence-electron chi connectivity index (χ4n) is 2.73. The minimum absolute atomic E-state index is 1.35. The average Bonchev–Trinajstić information content (AvgIpc) is 3.16. The highest BCUT2D eigenvalue weighted by atomic mass is 14.3. The molecule has 0 bridgehead atoms. The van der Waals surface area contributed by atoms with Gasteiger partial charge in [0, 0.05) is 0 Å². The van der Waals surface area contributed by atoms with Gasteiger partial charge in [0.2, 0.25) is 0 Å². The molecule has 0 unspecified atom stereocenters. The maximum Gasteiger partial charge on any atom is -0.00153 e. The van der Waals surface area contributed by atoms with Crippen molar-refractivity contribution in [2.45, 2.75) is 0 Å². The first-order chi connectivity index (χ1) is 7.93. The van der Waals surface area contributed by atoms with E-state index in [2.05, 4.69) is 47.9 Å². The van der Waals surface area contributed by atoms with Crippen LogP contribution in [-0.4, -0.2) is 0 Å². The summed E-state index contributed by atoms with van der Waals surface area (Å²) in [5.74, 6) is 0. The molecule has 0 aromatic heterocycles. The van der Waals surface area contributed by atoms with Gasteiger partial charge in [0.15, 0.2) is 0 Å². The van der Waals surface area contributed by atoms with Crippen LogP contribution in [0.4, 0.5) is 0 Å². The third-order valence-electron chi connectivity index (χ3n) is 3.64. The van der Waals surface area contributed by atoms with E-state index in [0.717, 1.165) is 0 Å². The molecule has 70 valence electrons. The van der Waals surface area contributed by atoms with Crippen molar-refractivity contribution in [2.75, 3.05) is 0 Å². The van der Waals surface area contributed by atoms with Crippen molar-refractivity contribution >= 4 is 24.3 Å². The number of fused-ring (bicyclic) bond motifs is 8. The Morgan fingerprint density at radius 3 is 1.12 bits per heavy atom. The van der Waals surface area contributed by atoms with Gasteiger partial charge in [-0.25, -0.2) is 0 Å². The third kappa shape index (κ3) is 0.647. The zero-order chi connectivity index (χ0) is 10.3. The minimum atomic E-state index is 1.35. The molecule has 0 atom stereocenters. The lowest BCUT2D eigenvalue weighted by Crippen LogP contribution is -1.79. The molecule has 0 aromatic carbocycles. The molecule has 0 aromatic rings. The van der Waals surface area contributed by atoms with E-state index in [-0.39, 0.29) is 0 Å². The Labute approximate surface area is 92.9 Å². The molecule has 0 nitrogen and oxygen atoms in total. The fraction of sp³-hybridized carbons (Fsp3) is 0. The fourth-order valence-corrected chi connectivity index (χ4v) is 2.73. The van der Waals surface area contributed by atoms with Crippen LogP contribution in [0.2, 0.25) is 0 Å². The molecular formula is C16H6. The molecule has 0 spiro atoms. The Bertz CT molecular complexity index is 676. The zero-order valence-corrected chi connectivity index (χ0v) is 8.46. The van der Waals surface area contributed by atoms with Crippen molar-refractivity contribution in [3.63, 3.8) is 0 Å². The molecule has 0 aliphatic heterocycles. The second-order valence-electron chi connectivity index (χ2n) is 4.51. The Kier molecular flexibility index (Phi) is 0.879. The minimum Gasteiger partial charge on any atom is -0.119 e. The Balaban J connectivity index is 1.98. The highest BCUT2D eigenvalue weighted by Crippen LogP contribution is 2.52. The van der Waals surface area contributed by atoms with Crippen LogP contribution < -0.4 is 0 Å². The van der Waals surface area contributed by atoms with Crippen molar-refractivity contribution in [1.29, 1.82) is 0 Å². The van der Waals surface area contributed by atoms with Crippen molar-refractivity contribution in [3.8, 4) is 22.3 Å². The lowest BCUT2D eigenvalue weighted by Gasteiger charge is -2.00. The molecule has 16 heavy (non-hydrogen) atoms. The molecule has 0 heterocycles. The van der Waals surface area contributed by atoms with E-state index >= 15 is 0 Å². The van der Waals surface area contributed by atoms with E-state index in [0.29, 0.717) is 0 Å². The topological polar surface area (TPSA) is 0 Å². The van der Waals surface area contributed by atoms with E-state index in [1.165, 1.54) is 44.5 Å². The van der Waals surface area contributed by atoms with Gasteiger partial charge in [0.25, 0.3) is 0 Å². The van der Waals surface area contributed by atoms with Crippen molar-refractivity contribution in [1.82, 2.24) is 0 Å². The maximum absolute atomic E-state index is 3.21. The van der Waals surface area contributed by atoms with E-state index < -0.39 is 0 Å². The first-order valence-corrected chi connectivity index (χ1v) is 5.46. The summed E-state index contributed by atoms with van der Waals surface area (Å²) < 4.78 is 0. The van der Waals surface area contributed by atoms with Crippen LogP contribution in [0, 0.1) is 0 Å². The van der Waals surface area contributed by atoms with Crippen LogP contribution in [0.15, 0.2) is 23.6 Å². The molecule has 5 aliphatic rings. The van der Waals surface area contributed by atoms with Crippen LogP contribution in [-0.2, 0) is 0 Å². The summed E-state index contributed by atoms with van der Waals surface area (Å²) in [6, 6.07) is 4.54. The molecule has 0 saturated heterocycles. The molecule has 0 amide bonds. The standard InChI is InChI=1S/C16H6/c1-3-9-10(4-1)14-8-16(14)12-6-2-5-11(12)15-7-13(9)15/h3-8H. The Morgan fingerprint density at radius 2 is 0.812 bits per heavy atom. The predicted octanol–water partition coefficient (Wildman–Crippen LogP) is 4.05. The summed E-state index contributed by atoms with van der Waals surface area (Å²) in [6.07, 6.45) is 8.40. The highest BCUT2D eigenvalue weighted by Gasteiger charge is 2.29. The SMILES string of the molecule is C1=Cc2c3cc-3c3c(c4cc-4c2C=1)C=C=C3. The Hall–Kier alpha value is -2.26.